The van der Waals surface area contributed by atoms with Crippen LogP contribution in [-0.4, -0.2) is 36.4 Å². The highest BCUT2D eigenvalue weighted by atomic mass is 16.2. The SMILES string of the molecule is CCCNC(=O)c1cc(C(=O)Nc2ccc(N3CCCCC3)cc2)ccn1. The maximum Gasteiger partial charge on any atom is 0.269 e. The number of benzene rings is 1. The van der Waals surface area contributed by atoms with Crippen molar-refractivity contribution in [1.82, 2.24) is 10.3 Å². The molecule has 1 aliphatic heterocycles. The molecule has 0 spiro atoms. The number of anilines is 2. The van der Waals surface area contributed by atoms with E-state index in [2.05, 4.69) is 20.5 Å². The Morgan fingerprint density at radius 1 is 1.04 bits per heavy atom. The summed E-state index contributed by atoms with van der Waals surface area (Å²) in [4.78, 5) is 30.9. The smallest absolute Gasteiger partial charge is 0.269 e. The fourth-order valence-corrected chi connectivity index (χ4v) is 3.14. The lowest BCUT2D eigenvalue weighted by molar-refractivity contribution is 0.0948. The van der Waals surface area contributed by atoms with E-state index in [0.29, 0.717) is 12.1 Å². The van der Waals surface area contributed by atoms with E-state index in [4.69, 9.17) is 0 Å². The molecule has 2 heterocycles. The third-order valence-electron chi connectivity index (χ3n) is 4.64. The normalized spacial score (nSPS) is 13.9. The lowest BCUT2D eigenvalue weighted by Gasteiger charge is -2.28. The molecule has 0 radical (unpaired) electrons. The minimum atomic E-state index is -0.266. The molecule has 0 saturated carbocycles. The van der Waals surface area contributed by atoms with Gasteiger partial charge in [0.1, 0.15) is 5.69 Å². The zero-order valence-electron chi connectivity index (χ0n) is 15.7. The van der Waals surface area contributed by atoms with Crippen LogP contribution in [0.2, 0.25) is 0 Å². The van der Waals surface area contributed by atoms with E-state index < -0.39 is 0 Å². The summed E-state index contributed by atoms with van der Waals surface area (Å²) in [6.07, 6.45) is 6.09. The third-order valence-corrected chi connectivity index (χ3v) is 4.64. The van der Waals surface area contributed by atoms with Gasteiger partial charge in [-0.3, -0.25) is 14.6 Å². The van der Waals surface area contributed by atoms with Crippen molar-refractivity contribution in [3.05, 3.63) is 53.9 Å². The van der Waals surface area contributed by atoms with E-state index in [9.17, 15) is 9.59 Å². The van der Waals surface area contributed by atoms with E-state index in [1.165, 1.54) is 37.2 Å². The summed E-state index contributed by atoms with van der Waals surface area (Å²) in [5.74, 6) is -0.523. The number of pyridine rings is 1. The molecule has 2 aromatic rings. The van der Waals surface area contributed by atoms with Crippen LogP contribution in [-0.2, 0) is 0 Å². The molecular weight excluding hydrogens is 340 g/mol. The first-order chi connectivity index (χ1) is 13.2. The van der Waals surface area contributed by atoms with Crippen molar-refractivity contribution in [3.8, 4) is 0 Å². The number of aromatic nitrogens is 1. The van der Waals surface area contributed by atoms with E-state index in [1.54, 1.807) is 6.07 Å². The molecule has 0 aliphatic carbocycles. The third kappa shape index (κ3) is 5.06. The summed E-state index contributed by atoms with van der Waals surface area (Å²) in [5.41, 5.74) is 2.57. The number of hydrogen-bond donors (Lipinski definition) is 2. The van der Waals surface area contributed by atoms with Gasteiger partial charge in [0.25, 0.3) is 11.8 Å². The summed E-state index contributed by atoms with van der Waals surface area (Å²) in [6.45, 7) is 4.74. The van der Waals surface area contributed by atoms with Crippen LogP contribution < -0.4 is 15.5 Å². The molecule has 0 bridgehead atoms. The second-order valence-corrected chi connectivity index (χ2v) is 6.73. The summed E-state index contributed by atoms with van der Waals surface area (Å²) in [5, 5.41) is 5.64. The average Bonchev–Trinajstić information content (AvgIpc) is 2.73. The molecule has 27 heavy (non-hydrogen) atoms. The number of nitrogens with zero attached hydrogens (tertiary/aromatic N) is 2. The predicted molar refractivity (Wildman–Crippen MR) is 107 cm³/mol. The number of nitrogens with one attached hydrogen (secondary N) is 2. The Bertz CT molecular complexity index is 783. The van der Waals surface area contributed by atoms with Crippen molar-refractivity contribution in [2.24, 2.45) is 0 Å². The lowest BCUT2D eigenvalue weighted by atomic mass is 10.1. The molecule has 6 heteroatoms. The number of hydrogen-bond acceptors (Lipinski definition) is 4. The lowest BCUT2D eigenvalue weighted by Crippen LogP contribution is -2.29. The highest BCUT2D eigenvalue weighted by molar-refractivity contribution is 6.05. The Morgan fingerprint density at radius 2 is 1.78 bits per heavy atom. The van der Waals surface area contributed by atoms with Crippen LogP contribution in [0.3, 0.4) is 0 Å². The Balaban J connectivity index is 1.63. The van der Waals surface area contributed by atoms with E-state index in [0.717, 1.165) is 25.2 Å². The predicted octanol–water partition coefficient (Wildman–Crippen LogP) is 3.46. The standard InChI is InChI=1S/C21H26N4O2/c1-2-11-23-21(27)19-15-16(10-12-22-19)20(26)24-17-6-8-18(9-7-17)25-13-4-3-5-14-25/h6-10,12,15H,2-5,11,13-14H2,1H3,(H,23,27)(H,24,26). The van der Waals surface area contributed by atoms with Gasteiger partial charge < -0.3 is 15.5 Å². The maximum absolute atomic E-state index is 12.5. The van der Waals surface area contributed by atoms with Crippen molar-refractivity contribution in [3.63, 3.8) is 0 Å². The largest absolute Gasteiger partial charge is 0.372 e. The second-order valence-electron chi connectivity index (χ2n) is 6.73. The Kier molecular flexibility index (Phi) is 6.41. The number of rotatable bonds is 6. The van der Waals surface area contributed by atoms with Gasteiger partial charge in [-0.25, -0.2) is 0 Å². The van der Waals surface area contributed by atoms with Crippen LogP contribution in [0.5, 0.6) is 0 Å². The first-order valence-electron chi connectivity index (χ1n) is 9.58. The molecular formula is C21H26N4O2. The molecule has 1 saturated heterocycles. The Morgan fingerprint density at radius 3 is 2.48 bits per heavy atom. The van der Waals surface area contributed by atoms with Crippen molar-refractivity contribution >= 4 is 23.2 Å². The van der Waals surface area contributed by atoms with E-state index in [-0.39, 0.29) is 17.5 Å². The van der Waals surface area contributed by atoms with Gasteiger partial charge in [-0.1, -0.05) is 6.92 Å². The summed E-state index contributed by atoms with van der Waals surface area (Å²) in [6, 6.07) is 11.0. The fraction of sp³-hybridized carbons (Fsp3) is 0.381. The average molecular weight is 366 g/mol. The van der Waals surface area contributed by atoms with Gasteiger partial charge in [0.05, 0.1) is 0 Å². The van der Waals surface area contributed by atoms with Gasteiger partial charge in [-0.05, 0) is 62.1 Å². The summed E-state index contributed by atoms with van der Waals surface area (Å²) in [7, 11) is 0. The number of piperidine rings is 1. The van der Waals surface area contributed by atoms with Crippen LogP contribution in [0, 0.1) is 0 Å². The van der Waals surface area contributed by atoms with Crippen molar-refractivity contribution in [1.29, 1.82) is 0 Å². The zero-order valence-corrected chi connectivity index (χ0v) is 15.7. The van der Waals surface area contributed by atoms with Crippen LogP contribution in [0.15, 0.2) is 42.6 Å². The Labute approximate surface area is 160 Å². The summed E-state index contributed by atoms with van der Waals surface area (Å²) < 4.78 is 0. The molecule has 142 valence electrons. The van der Waals surface area contributed by atoms with Crippen molar-refractivity contribution < 1.29 is 9.59 Å². The molecule has 1 fully saturated rings. The van der Waals surface area contributed by atoms with E-state index in [1.807, 2.05) is 31.2 Å². The molecule has 1 aromatic carbocycles. The van der Waals surface area contributed by atoms with Crippen molar-refractivity contribution in [2.45, 2.75) is 32.6 Å². The molecule has 0 unspecified atom stereocenters. The minimum absolute atomic E-state index is 0.247. The van der Waals surface area contributed by atoms with Gasteiger partial charge in [0, 0.05) is 42.8 Å². The molecule has 6 nitrogen and oxygen atoms in total. The molecule has 2 amide bonds. The number of carbonyl (C=O) groups is 2. The second kappa shape index (κ2) is 9.16. The number of carbonyl (C=O) groups excluding carboxylic acids is 2. The molecule has 3 rings (SSSR count). The Hall–Kier alpha value is -2.89. The van der Waals surface area contributed by atoms with E-state index >= 15 is 0 Å². The number of amides is 2. The highest BCUT2D eigenvalue weighted by Gasteiger charge is 2.13. The van der Waals surface area contributed by atoms with Gasteiger partial charge in [-0.15, -0.1) is 0 Å². The van der Waals surface area contributed by atoms with Crippen molar-refractivity contribution in [2.75, 3.05) is 29.9 Å². The topological polar surface area (TPSA) is 74.3 Å². The maximum atomic E-state index is 12.5. The van der Waals surface area contributed by atoms with Crippen LogP contribution >= 0.6 is 0 Å². The minimum Gasteiger partial charge on any atom is -0.372 e. The van der Waals surface area contributed by atoms with Crippen LogP contribution in [0.4, 0.5) is 11.4 Å². The first-order valence-corrected chi connectivity index (χ1v) is 9.58. The van der Waals surface area contributed by atoms with Gasteiger partial charge in [0.2, 0.25) is 0 Å². The van der Waals surface area contributed by atoms with Gasteiger partial charge >= 0.3 is 0 Å². The molecule has 2 N–H and O–H groups in total. The molecule has 0 atom stereocenters. The van der Waals surface area contributed by atoms with Gasteiger partial charge in [0.15, 0.2) is 0 Å². The molecule has 1 aliphatic rings. The highest BCUT2D eigenvalue weighted by Crippen LogP contribution is 2.22. The quantitative estimate of drug-likeness (QED) is 0.821. The first kappa shape index (κ1) is 18.9. The fourth-order valence-electron chi connectivity index (χ4n) is 3.14. The zero-order chi connectivity index (χ0) is 19.1. The molecule has 1 aromatic heterocycles. The monoisotopic (exact) mass is 366 g/mol. The summed E-state index contributed by atoms with van der Waals surface area (Å²) >= 11 is 0. The van der Waals surface area contributed by atoms with Gasteiger partial charge in [-0.2, -0.15) is 0 Å². The van der Waals surface area contributed by atoms with Crippen LogP contribution in [0.1, 0.15) is 53.5 Å². The van der Waals surface area contributed by atoms with Crippen LogP contribution in [0.25, 0.3) is 0 Å².